The van der Waals surface area contributed by atoms with Crippen LogP contribution in [0.5, 0.6) is 5.75 Å². The number of oxazole rings is 1. The highest BCUT2D eigenvalue weighted by Gasteiger charge is 2.15. The van der Waals surface area contributed by atoms with Gasteiger partial charge in [-0.1, -0.05) is 12.1 Å². The van der Waals surface area contributed by atoms with Gasteiger partial charge in [0, 0.05) is 12.1 Å². The van der Waals surface area contributed by atoms with Crippen molar-refractivity contribution in [3.8, 4) is 5.75 Å². The average Bonchev–Trinajstić information content (AvgIpc) is 3.07. The molecule has 2 aromatic carbocycles. The van der Waals surface area contributed by atoms with Gasteiger partial charge in [0.2, 0.25) is 11.8 Å². The molecular weight excluding hydrogens is 336 g/mol. The number of nitrogens with zero attached hydrogens (tertiary/aromatic N) is 1. The van der Waals surface area contributed by atoms with Crippen LogP contribution in [0.2, 0.25) is 0 Å². The molecule has 4 rings (SSSR count). The number of aryl methyl sites for hydroxylation is 1. The number of aromatic nitrogens is 1. The Balaban J connectivity index is 1.30. The number of esters is 1. The van der Waals surface area contributed by atoms with E-state index >= 15 is 0 Å². The highest BCUT2D eigenvalue weighted by atomic mass is 16.6. The molecule has 1 N–H and O–H groups in total. The topological polar surface area (TPSA) is 90.7 Å². The molecule has 0 spiro atoms. The van der Waals surface area contributed by atoms with E-state index in [1.54, 1.807) is 18.2 Å². The van der Waals surface area contributed by atoms with Crippen molar-refractivity contribution in [2.45, 2.75) is 19.4 Å². The smallest absolute Gasteiger partial charge is 0.344 e. The minimum atomic E-state index is -0.515. The Labute approximate surface area is 148 Å². The molecule has 26 heavy (non-hydrogen) atoms. The Morgan fingerprint density at radius 1 is 1.19 bits per heavy atom. The average molecular weight is 352 g/mol. The highest BCUT2D eigenvalue weighted by molar-refractivity contribution is 5.94. The van der Waals surface area contributed by atoms with Gasteiger partial charge in [0.1, 0.15) is 11.3 Å². The highest BCUT2D eigenvalue weighted by Crippen LogP contribution is 2.26. The van der Waals surface area contributed by atoms with Crippen molar-refractivity contribution in [3.63, 3.8) is 0 Å². The summed E-state index contributed by atoms with van der Waals surface area (Å²) < 4.78 is 16.1. The van der Waals surface area contributed by atoms with Gasteiger partial charge in [-0.2, -0.15) is 0 Å². The largest absolute Gasteiger partial charge is 0.482 e. The van der Waals surface area contributed by atoms with Gasteiger partial charge in [0.25, 0.3) is 0 Å². The SMILES string of the molecule is O=C1CCc2cc(OCC(=O)OCc3nc4ccccc4o3)ccc2N1. The van der Waals surface area contributed by atoms with E-state index in [1.807, 2.05) is 24.3 Å². The number of anilines is 1. The van der Waals surface area contributed by atoms with E-state index in [1.165, 1.54) is 0 Å². The fraction of sp³-hybridized carbons (Fsp3) is 0.211. The van der Waals surface area contributed by atoms with Crippen molar-refractivity contribution in [1.82, 2.24) is 4.98 Å². The first-order valence-electron chi connectivity index (χ1n) is 8.23. The lowest BCUT2D eigenvalue weighted by atomic mass is 10.0. The normalized spacial score (nSPS) is 13.2. The predicted molar refractivity (Wildman–Crippen MR) is 92.7 cm³/mol. The first-order valence-corrected chi connectivity index (χ1v) is 8.23. The molecule has 7 heteroatoms. The number of benzene rings is 2. The number of fused-ring (bicyclic) bond motifs is 2. The van der Waals surface area contributed by atoms with Crippen molar-refractivity contribution in [2.24, 2.45) is 0 Å². The number of carbonyl (C=O) groups excluding carboxylic acids is 2. The van der Waals surface area contributed by atoms with Crippen LogP contribution in [0.3, 0.4) is 0 Å². The number of carbonyl (C=O) groups is 2. The van der Waals surface area contributed by atoms with E-state index in [-0.39, 0.29) is 19.1 Å². The monoisotopic (exact) mass is 352 g/mol. The zero-order valence-electron chi connectivity index (χ0n) is 13.9. The molecule has 0 unspecified atom stereocenters. The van der Waals surface area contributed by atoms with Gasteiger partial charge in [-0.05, 0) is 42.3 Å². The Morgan fingerprint density at radius 3 is 2.96 bits per heavy atom. The fourth-order valence-electron chi connectivity index (χ4n) is 2.76. The maximum atomic E-state index is 11.9. The van der Waals surface area contributed by atoms with Crippen LogP contribution in [-0.4, -0.2) is 23.5 Å². The molecule has 0 saturated heterocycles. The Morgan fingerprint density at radius 2 is 2.08 bits per heavy atom. The van der Waals surface area contributed by atoms with Gasteiger partial charge in [0.05, 0.1) is 0 Å². The van der Waals surface area contributed by atoms with E-state index in [9.17, 15) is 9.59 Å². The van der Waals surface area contributed by atoms with Gasteiger partial charge in [-0.3, -0.25) is 4.79 Å². The van der Waals surface area contributed by atoms with Gasteiger partial charge < -0.3 is 19.2 Å². The summed E-state index contributed by atoms with van der Waals surface area (Å²) in [7, 11) is 0. The molecule has 0 fully saturated rings. The molecular formula is C19H16N2O5. The number of amides is 1. The van der Waals surface area contributed by atoms with Crippen molar-refractivity contribution >= 4 is 28.7 Å². The molecule has 0 bridgehead atoms. The summed E-state index contributed by atoms with van der Waals surface area (Å²) in [5.41, 5.74) is 3.14. The molecule has 0 saturated carbocycles. The summed E-state index contributed by atoms with van der Waals surface area (Å²) in [4.78, 5) is 27.5. The van der Waals surface area contributed by atoms with Gasteiger partial charge >= 0.3 is 5.97 Å². The van der Waals surface area contributed by atoms with E-state index in [2.05, 4.69) is 10.3 Å². The second-order valence-electron chi connectivity index (χ2n) is 5.89. The number of rotatable bonds is 5. The molecule has 1 aliphatic heterocycles. The van der Waals surface area contributed by atoms with Crippen LogP contribution in [-0.2, 0) is 27.4 Å². The molecule has 1 amide bonds. The molecule has 0 radical (unpaired) electrons. The number of hydrogen-bond donors (Lipinski definition) is 1. The summed E-state index contributed by atoms with van der Waals surface area (Å²) >= 11 is 0. The van der Waals surface area contributed by atoms with Crippen LogP contribution in [0, 0.1) is 0 Å². The zero-order valence-corrected chi connectivity index (χ0v) is 13.9. The van der Waals surface area contributed by atoms with Crippen LogP contribution in [0.15, 0.2) is 46.9 Å². The van der Waals surface area contributed by atoms with Gasteiger partial charge in [0.15, 0.2) is 18.8 Å². The van der Waals surface area contributed by atoms with Crippen molar-refractivity contribution in [2.75, 3.05) is 11.9 Å². The maximum Gasteiger partial charge on any atom is 0.344 e. The van der Waals surface area contributed by atoms with Crippen LogP contribution in [0.1, 0.15) is 17.9 Å². The van der Waals surface area contributed by atoms with E-state index in [4.69, 9.17) is 13.9 Å². The molecule has 7 nitrogen and oxygen atoms in total. The van der Waals surface area contributed by atoms with E-state index in [0.29, 0.717) is 30.1 Å². The van der Waals surface area contributed by atoms with Crippen molar-refractivity contribution < 1.29 is 23.5 Å². The predicted octanol–water partition coefficient (Wildman–Crippen LogP) is 2.83. The van der Waals surface area contributed by atoms with Gasteiger partial charge in [-0.15, -0.1) is 0 Å². The summed E-state index contributed by atoms with van der Waals surface area (Å²) in [6, 6.07) is 12.6. The summed E-state index contributed by atoms with van der Waals surface area (Å²) in [5, 5.41) is 2.80. The summed E-state index contributed by atoms with van der Waals surface area (Å²) in [6.45, 7) is -0.265. The lowest BCUT2D eigenvalue weighted by Gasteiger charge is -2.17. The van der Waals surface area contributed by atoms with Crippen LogP contribution in [0.25, 0.3) is 11.1 Å². The molecule has 1 aliphatic rings. The third-order valence-corrected chi connectivity index (χ3v) is 4.02. The van der Waals surface area contributed by atoms with Crippen LogP contribution < -0.4 is 10.1 Å². The number of ether oxygens (including phenoxy) is 2. The first-order chi connectivity index (χ1) is 12.7. The second kappa shape index (κ2) is 6.87. The number of nitrogens with one attached hydrogen (secondary N) is 1. The fourth-order valence-corrected chi connectivity index (χ4v) is 2.76. The van der Waals surface area contributed by atoms with Gasteiger partial charge in [-0.25, -0.2) is 9.78 Å². The lowest BCUT2D eigenvalue weighted by Crippen LogP contribution is -2.19. The van der Waals surface area contributed by atoms with Crippen LogP contribution in [0.4, 0.5) is 5.69 Å². The van der Waals surface area contributed by atoms with Crippen molar-refractivity contribution in [1.29, 1.82) is 0 Å². The standard InChI is InChI=1S/C19H16N2O5/c22-17-8-5-12-9-13(6-7-14(12)20-17)24-11-19(23)25-10-18-21-15-3-1-2-4-16(15)26-18/h1-4,6-7,9H,5,8,10-11H2,(H,20,22). The number of para-hydroxylation sites is 2. The Kier molecular flexibility index (Phi) is 4.27. The first kappa shape index (κ1) is 16.1. The molecule has 132 valence electrons. The summed E-state index contributed by atoms with van der Waals surface area (Å²) in [6.07, 6.45) is 1.10. The summed E-state index contributed by atoms with van der Waals surface area (Å²) in [5.74, 6) is 0.384. The molecule has 0 aliphatic carbocycles. The quantitative estimate of drug-likeness (QED) is 0.710. The molecule has 1 aromatic heterocycles. The van der Waals surface area contributed by atoms with E-state index < -0.39 is 5.97 Å². The molecule has 3 aromatic rings. The minimum Gasteiger partial charge on any atom is -0.482 e. The second-order valence-corrected chi connectivity index (χ2v) is 5.89. The lowest BCUT2D eigenvalue weighted by molar-refractivity contribution is -0.148. The Bertz CT molecular complexity index is 946. The van der Waals surface area contributed by atoms with E-state index in [0.717, 1.165) is 16.8 Å². The van der Waals surface area contributed by atoms with Crippen LogP contribution >= 0.6 is 0 Å². The third-order valence-electron chi connectivity index (χ3n) is 4.02. The zero-order chi connectivity index (χ0) is 17.9. The third kappa shape index (κ3) is 3.51. The molecule has 2 heterocycles. The molecule has 0 atom stereocenters. The number of hydrogen-bond acceptors (Lipinski definition) is 6. The maximum absolute atomic E-state index is 11.9. The minimum absolute atomic E-state index is 0.00828. The van der Waals surface area contributed by atoms with Crippen molar-refractivity contribution in [3.05, 3.63) is 53.9 Å². The Hall–Kier alpha value is -3.35.